The standard InChI is InChI=1S/C23H36N2O3/c1-18-10-13-25(14-11-18)15-16-28-21-8-6-20(7-9-21)24-22(26)23(27-3)12-4-5-19(2)17-23/h6-9,18-19H,4-5,10-17H2,1-3H3,(H,24,26)/t19-,23+/m1/s1. The Labute approximate surface area is 169 Å². The van der Waals surface area contributed by atoms with Gasteiger partial charge in [-0.15, -0.1) is 0 Å². The van der Waals surface area contributed by atoms with Gasteiger partial charge in [0.2, 0.25) is 0 Å². The number of benzene rings is 1. The number of nitrogens with one attached hydrogen (secondary N) is 1. The minimum absolute atomic E-state index is 0.0328. The summed E-state index contributed by atoms with van der Waals surface area (Å²) in [4.78, 5) is 15.3. The van der Waals surface area contributed by atoms with Crippen LogP contribution in [-0.4, -0.2) is 49.8 Å². The van der Waals surface area contributed by atoms with Gasteiger partial charge in [-0.05, 0) is 81.3 Å². The first-order valence-electron chi connectivity index (χ1n) is 10.8. The van der Waals surface area contributed by atoms with Crippen LogP contribution >= 0.6 is 0 Å². The van der Waals surface area contributed by atoms with Crippen LogP contribution in [0.25, 0.3) is 0 Å². The van der Waals surface area contributed by atoms with Crippen LogP contribution in [0.4, 0.5) is 5.69 Å². The van der Waals surface area contributed by atoms with Crippen molar-refractivity contribution >= 4 is 11.6 Å². The van der Waals surface area contributed by atoms with E-state index in [4.69, 9.17) is 9.47 Å². The summed E-state index contributed by atoms with van der Waals surface area (Å²) in [6.07, 6.45) is 6.35. The van der Waals surface area contributed by atoms with E-state index in [1.165, 1.54) is 32.4 Å². The van der Waals surface area contributed by atoms with Gasteiger partial charge in [0.05, 0.1) is 0 Å². The molecule has 1 aromatic carbocycles. The zero-order chi connectivity index (χ0) is 20.0. The number of likely N-dealkylation sites (tertiary alicyclic amines) is 1. The molecule has 1 aliphatic carbocycles. The fourth-order valence-electron chi connectivity index (χ4n) is 4.45. The molecular weight excluding hydrogens is 352 g/mol. The molecule has 2 aliphatic rings. The first-order chi connectivity index (χ1) is 13.5. The van der Waals surface area contributed by atoms with Crippen LogP contribution in [0.2, 0.25) is 0 Å². The van der Waals surface area contributed by atoms with Crippen LogP contribution in [0.15, 0.2) is 24.3 Å². The normalized spacial score (nSPS) is 26.8. The number of ether oxygens (including phenoxy) is 2. The van der Waals surface area contributed by atoms with Crippen LogP contribution in [0, 0.1) is 11.8 Å². The number of methoxy groups -OCH3 is 1. The number of carbonyl (C=O) groups excluding carboxylic acids is 1. The summed E-state index contributed by atoms with van der Waals surface area (Å²) in [6, 6.07) is 7.67. The first kappa shape index (κ1) is 21.1. The number of nitrogens with zero attached hydrogens (tertiary/aromatic N) is 1. The molecule has 1 aromatic rings. The minimum Gasteiger partial charge on any atom is -0.492 e. The molecule has 5 nitrogen and oxygen atoms in total. The van der Waals surface area contributed by atoms with Gasteiger partial charge >= 0.3 is 0 Å². The van der Waals surface area contributed by atoms with E-state index in [-0.39, 0.29) is 5.91 Å². The highest BCUT2D eigenvalue weighted by atomic mass is 16.5. The lowest BCUT2D eigenvalue weighted by atomic mass is 9.78. The highest BCUT2D eigenvalue weighted by molar-refractivity contribution is 5.97. The zero-order valence-electron chi connectivity index (χ0n) is 17.7. The molecule has 1 heterocycles. The van der Waals surface area contributed by atoms with E-state index in [9.17, 15) is 4.79 Å². The van der Waals surface area contributed by atoms with Crippen molar-refractivity contribution in [2.24, 2.45) is 11.8 Å². The van der Waals surface area contributed by atoms with E-state index in [0.717, 1.165) is 43.2 Å². The minimum atomic E-state index is -0.696. The second-order valence-corrected chi connectivity index (χ2v) is 8.75. The van der Waals surface area contributed by atoms with Gasteiger partial charge < -0.3 is 14.8 Å². The van der Waals surface area contributed by atoms with E-state index >= 15 is 0 Å². The average molecular weight is 389 g/mol. The number of amides is 1. The van der Waals surface area contributed by atoms with Crippen LogP contribution < -0.4 is 10.1 Å². The summed E-state index contributed by atoms with van der Waals surface area (Å²) in [5.74, 6) is 2.18. The van der Waals surface area contributed by atoms with Crippen molar-refractivity contribution in [1.82, 2.24) is 4.90 Å². The maximum absolute atomic E-state index is 12.8. The average Bonchev–Trinajstić information content (AvgIpc) is 2.70. The van der Waals surface area contributed by atoms with Gasteiger partial charge in [-0.1, -0.05) is 20.3 Å². The molecule has 5 heteroatoms. The molecule has 2 fully saturated rings. The van der Waals surface area contributed by atoms with Gasteiger partial charge in [0, 0.05) is 19.3 Å². The number of piperidine rings is 1. The molecule has 0 spiro atoms. The van der Waals surface area contributed by atoms with Crippen molar-refractivity contribution in [2.75, 3.05) is 38.7 Å². The Morgan fingerprint density at radius 2 is 1.86 bits per heavy atom. The largest absolute Gasteiger partial charge is 0.492 e. The first-order valence-corrected chi connectivity index (χ1v) is 10.8. The predicted octanol–water partition coefficient (Wildman–Crippen LogP) is 4.33. The lowest BCUT2D eigenvalue weighted by Gasteiger charge is -2.37. The SMILES string of the molecule is CO[C@@]1(C(=O)Nc2ccc(OCCN3CCC(C)CC3)cc2)CCC[C@@H](C)C1. The molecule has 2 atom stereocenters. The molecule has 156 valence electrons. The Kier molecular flexibility index (Phi) is 7.36. The molecule has 1 saturated carbocycles. The van der Waals surface area contributed by atoms with E-state index < -0.39 is 5.60 Å². The summed E-state index contributed by atoms with van der Waals surface area (Å²) in [6.45, 7) is 8.55. The summed E-state index contributed by atoms with van der Waals surface area (Å²) in [5, 5.41) is 3.04. The second-order valence-electron chi connectivity index (χ2n) is 8.75. The Bertz CT molecular complexity index is 625. The molecular formula is C23H36N2O3. The lowest BCUT2D eigenvalue weighted by Crippen LogP contribution is -2.47. The van der Waals surface area contributed by atoms with Crippen molar-refractivity contribution in [2.45, 2.75) is 58.0 Å². The van der Waals surface area contributed by atoms with E-state index in [1.54, 1.807) is 7.11 Å². The Morgan fingerprint density at radius 3 is 2.50 bits per heavy atom. The summed E-state index contributed by atoms with van der Waals surface area (Å²) < 4.78 is 11.6. The Morgan fingerprint density at radius 1 is 1.14 bits per heavy atom. The third-order valence-corrected chi connectivity index (χ3v) is 6.42. The van der Waals surface area contributed by atoms with Crippen LogP contribution in [0.1, 0.15) is 52.4 Å². The van der Waals surface area contributed by atoms with Crippen LogP contribution in [0.3, 0.4) is 0 Å². The molecule has 0 unspecified atom stereocenters. The highest BCUT2D eigenvalue weighted by Gasteiger charge is 2.41. The van der Waals surface area contributed by atoms with Gasteiger partial charge in [0.15, 0.2) is 0 Å². The van der Waals surface area contributed by atoms with Gasteiger partial charge in [-0.2, -0.15) is 0 Å². The lowest BCUT2D eigenvalue weighted by molar-refractivity contribution is -0.143. The van der Waals surface area contributed by atoms with Gasteiger partial charge in [0.25, 0.3) is 5.91 Å². The van der Waals surface area contributed by atoms with Gasteiger partial charge in [-0.3, -0.25) is 9.69 Å². The van der Waals surface area contributed by atoms with Crippen molar-refractivity contribution in [3.05, 3.63) is 24.3 Å². The molecule has 1 saturated heterocycles. The fraction of sp³-hybridized carbons (Fsp3) is 0.696. The number of rotatable bonds is 7. The summed E-state index contributed by atoms with van der Waals surface area (Å²) in [5.41, 5.74) is 0.0933. The Hall–Kier alpha value is -1.59. The molecule has 1 N–H and O–H groups in total. The predicted molar refractivity (Wildman–Crippen MR) is 113 cm³/mol. The summed E-state index contributed by atoms with van der Waals surface area (Å²) in [7, 11) is 1.65. The van der Waals surface area contributed by atoms with Crippen LogP contribution in [-0.2, 0) is 9.53 Å². The third kappa shape index (κ3) is 5.48. The smallest absolute Gasteiger partial charge is 0.256 e. The van der Waals surface area contributed by atoms with Crippen molar-refractivity contribution in [1.29, 1.82) is 0 Å². The van der Waals surface area contributed by atoms with Crippen LogP contribution in [0.5, 0.6) is 5.75 Å². The van der Waals surface area contributed by atoms with E-state index in [0.29, 0.717) is 12.5 Å². The third-order valence-electron chi connectivity index (χ3n) is 6.42. The van der Waals surface area contributed by atoms with Crippen molar-refractivity contribution in [3.63, 3.8) is 0 Å². The van der Waals surface area contributed by atoms with E-state index in [2.05, 4.69) is 24.1 Å². The number of hydrogen-bond acceptors (Lipinski definition) is 4. The highest BCUT2D eigenvalue weighted by Crippen LogP contribution is 2.35. The quantitative estimate of drug-likeness (QED) is 0.755. The Balaban J connectivity index is 1.46. The van der Waals surface area contributed by atoms with Gasteiger partial charge in [0.1, 0.15) is 18.0 Å². The number of hydrogen-bond donors (Lipinski definition) is 1. The molecule has 1 aliphatic heterocycles. The molecule has 0 bridgehead atoms. The second kappa shape index (κ2) is 9.75. The molecule has 0 radical (unpaired) electrons. The fourth-order valence-corrected chi connectivity index (χ4v) is 4.45. The number of carbonyl (C=O) groups is 1. The number of anilines is 1. The van der Waals surface area contributed by atoms with Crippen molar-refractivity contribution in [3.8, 4) is 5.75 Å². The van der Waals surface area contributed by atoms with Gasteiger partial charge in [-0.25, -0.2) is 0 Å². The summed E-state index contributed by atoms with van der Waals surface area (Å²) >= 11 is 0. The van der Waals surface area contributed by atoms with Crippen molar-refractivity contribution < 1.29 is 14.3 Å². The monoisotopic (exact) mass is 388 g/mol. The zero-order valence-corrected chi connectivity index (χ0v) is 17.7. The molecule has 0 aromatic heterocycles. The molecule has 1 amide bonds. The molecule has 28 heavy (non-hydrogen) atoms. The molecule has 3 rings (SSSR count). The topological polar surface area (TPSA) is 50.8 Å². The maximum atomic E-state index is 12.8. The van der Waals surface area contributed by atoms with E-state index in [1.807, 2.05) is 24.3 Å². The maximum Gasteiger partial charge on any atom is 0.256 e.